The SMILES string of the molecule is CO[C@H]1[C@H](O)[C@H](O[C@H]2CC[C@@]3(C)[C@H](C2)[C@H](OC(C)=O)C[C@]2(O)[C@@H]3CC[C@]3(C)[C@@H](c4ccc(=O)oc4)[C@@H](O)C[C@@]32O)O[C@@H](C)[C@@H]1O. The molecule has 5 N–H and O–H groups in total. The first kappa shape index (κ1) is 33.0. The lowest BCUT2D eigenvalue weighted by Gasteiger charge is -2.68. The molecule has 252 valence electrons. The molecule has 12 nitrogen and oxygen atoms in total. The van der Waals surface area contributed by atoms with Gasteiger partial charge < -0.3 is 48.9 Å². The summed E-state index contributed by atoms with van der Waals surface area (Å²) in [5.74, 6) is -1.69. The molecule has 5 fully saturated rings. The van der Waals surface area contributed by atoms with Crippen LogP contribution in [0.4, 0.5) is 0 Å². The molecule has 1 aliphatic heterocycles. The average Bonchev–Trinajstić information content (AvgIpc) is 3.18. The van der Waals surface area contributed by atoms with Gasteiger partial charge in [-0.2, -0.15) is 0 Å². The molecule has 0 unspecified atom stereocenters. The molecule has 0 amide bonds. The smallest absolute Gasteiger partial charge is 0.335 e. The van der Waals surface area contributed by atoms with E-state index in [0.717, 1.165) is 0 Å². The molecule has 0 spiro atoms. The van der Waals surface area contributed by atoms with Gasteiger partial charge in [0.15, 0.2) is 6.29 Å². The zero-order valence-corrected chi connectivity index (χ0v) is 26.6. The number of fused-ring (bicyclic) bond motifs is 5. The Morgan fingerprint density at radius 3 is 2.42 bits per heavy atom. The van der Waals surface area contributed by atoms with Crippen LogP contribution in [0.1, 0.15) is 84.1 Å². The van der Waals surface area contributed by atoms with E-state index in [-0.39, 0.29) is 30.8 Å². The first-order chi connectivity index (χ1) is 21.1. The molecule has 45 heavy (non-hydrogen) atoms. The van der Waals surface area contributed by atoms with Crippen LogP contribution in [0.3, 0.4) is 0 Å². The van der Waals surface area contributed by atoms with Gasteiger partial charge in [0.25, 0.3) is 0 Å². The number of hydrogen-bond donors (Lipinski definition) is 5. The largest absolute Gasteiger partial charge is 0.462 e. The number of rotatable bonds is 5. The molecular weight excluding hydrogens is 588 g/mol. The molecule has 0 aromatic carbocycles. The van der Waals surface area contributed by atoms with E-state index in [0.29, 0.717) is 37.7 Å². The summed E-state index contributed by atoms with van der Waals surface area (Å²) in [6, 6.07) is 2.90. The minimum Gasteiger partial charge on any atom is -0.462 e. The number of esters is 1. The van der Waals surface area contributed by atoms with Crippen LogP contribution in [0.25, 0.3) is 0 Å². The van der Waals surface area contributed by atoms with Crippen molar-refractivity contribution in [3.63, 3.8) is 0 Å². The minimum absolute atomic E-state index is 0.0167. The molecule has 12 heteroatoms. The highest BCUT2D eigenvalue weighted by atomic mass is 16.7. The van der Waals surface area contributed by atoms with Gasteiger partial charge in [0.05, 0.1) is 24.6 Å². The second kappa shape index (κ2) is 11.4. The van der Waals surface area contributed by atoms with Crippen LogP contribution in [-0.4, -0.2) is 98.8 Å². The first-order valence-corrected chi connectivity index (χ1v) is 16.2. The van der Waals surface area contributed by atoms with Crippen molar-refractivity contribution in [1.29, 1.82) is 0 Å². The van der Waals surface area contributed by atoms with E-state index in [1.54, 1.807) is 13.0 Å². The van der Waals surface area contributed by atoms with E-state index in [2.05, 4.69) is 6.92 Å². The first-order valence-electron chi connectivity index (χ1n) is 16.2. The van der Waals surface area contributed by atoms with Gasteiger partial charge in [-0.15, -0.1) is 0 Å². The van der Waals surface area contributed by atoms with E-state index in [9.17, 15) is 35.1 Å². The van der Waals surface area contributed by atoms with Crippen molar-refractivity contribution in [2.24, 2.45) is 22.7 Å². The predicted octanol–water partition coefficient (Wildman–Crippen LogP) is 1.38. The number of aliphatic hydroxyl groups excluding tert-OH is 3. The fourth-order valence-electron chi connectivity index (χ4n) is 10.5. The van der Waals surface area contributed by atoms with Crippen molar-refractivity contribution >= 4 is 5.97 Å². The zero-order valence-electron chi connectivity index (χ0n) is 26.6. The Hall–Kier alpha value is -1.90. The molecule has 6 rings (SSSR count). The van der Waals surface area contributed by atoms with Gasteiger partial charge in [0, 0.05) is 50.2 Å². The Kier molecular flexibility index (Phi) is 8.34. The third-order valence-electron chi connectivity index (χ3n) is 12.7. The van der Waals surface area contributed by atoms with E-state index >= 15 is 0 Å². The summed E-state index contributed by atoms with van der Waals surface area (Å²) in [4.78, 5) is 24.1. The maximum absolute atomic E-state index is 12.8. The predicted molar refractivity (Wildman–Crippen MR) is 157 cm³/mol. The normalized spacial score (nSPS) is 51.1. The highest BCUT2D eigenvalue weighted by Gasteiger charge is 2.77. The van der Waals surface area contributed by atoms with Crippen LogP contribution in [0.2, 0.25) is 0 Å². The van der Waals surface area contributed by atoms with Gasteiger partial charge in [-0.3, -0.25) is 4.79 Å². The Labute approximate surface area is 262 Å². The van der Waals surface area contributed by atoms with Crippen molar-refractivity contribution in [3.8, 4) is 0 Å². The molecule has 0 radical (unpaired) electrons. The van der Waals surface area contributed by atoms with Gasteiger partial charge in [-0.05, 0) is 62.0 Å². The van der Waals surface area contributed by atoms with Crippen molar-refractivity contribution < 1.29 is 53.7 Å². The Bertz CT molecular complexity index is 1310. The summed E-state index contributed by atoms with van der Waals surface area (Å²) >= 11 is 0. The quantitative estimate of drug-likeness (QED) is 0.231. The van der Waals surface area contributed by atoms with Gasteiger partial charge in [-0.25, -0.2) is 4.79 Å². The highest BCUT2D eigenvalue weighted by Crippen LogP contribution is 2.72. The maximum atomic E-state index is 12.8. The molecule has 4 saturated carbocycles. The third kappa shape index (κ3) is 4.85. The lowest BCUT2D eigenvalue weighted by molar-refractivity contribution is -0.328. The third-order valence-corrected chi connectivity index (χ3v) is 12.7. The van der Waals surface area contributed by atoms with E-state index in [1.807, 2.05) is 6.92 Å². The lowest BCUT2D eigenvalue weighted by atomic mass is 9.40. The van der Waals surface area contributed by atoms with Gasteiger partial charge in [-0.1, -0.05) is 13.8 Å². The lowest BCUT2D eigenvalue weighted by Crippen LogP contribution is -2.75. The number of methoxy groups -OCH3 is 1. The van der Waals surface area contributed by atoms with E-state index in [1.165, 1.54) is 26.4 Å². The van der Waals surface area contributed by atoms with Crippen molar-refractivity contribution in [2.45, 2.75) is 139 Å². The fourth-order valence-corrected chi connectivity index (χ4v) is 10.5. The second-order valence-corrected chi connectivity index (χ2v) is 14.8. The number of carbonyl (C=O) groups is 1. The molecule has 2 heterocycles. The standard InChI is InChI=1S/C33H48O12/c1-16-26(37)28(41-5)27(38)29(43-16)45-19-8-10-30(3)20(12-19)22(44-17(2)34)14-32(39)23(30)9-11-31(4)25(21(35)13-33(31,32)40)18-6-7-24(36)42-15-18/h6-7,15-16,19-23,25-29,35,37-40H,8-14H2,1-5H3/t16-,19-,20+,21-,22+,23+,25-,26-,27-,28+,29-,30-,31+,32-,33+/m0/s1. The number of hydrogen-bond acceptors (Lipinski definition) is 12. The Morgan fingerprint density at radius 1 is 1.04 bits per heavy atom. The Balaban J connectivity index is 1.30. The minimum atomic E-state index is -1.73. The zero-order chi connectivity index (χ0) is 32.7. The van der Waals surface area contributed by atoms with Crippen LogP contribution in [-0.2, 0) is 23.7 Å². The van der Waals surface area contributed by atoms with Gasteiger partial charge in [0.1, 0.15) is 35.6 Å². The van der Waals surface area contributed by atoms with Crippen LogP contribution in [0.15, 0.2) is 27.6 Å². The van der Waals surface area contributed by atoms with Gasteiger partial charge in [0.2, 0.25) is 0 Å². The van der Waals surface area contributed by atoms with Crippen LogP contribution < -0.4 is 5.63 Å². The maximum Gasteiger partial charge on any atom is 0.335 e. The molecule has 1 saturated heterocycles. The molecular formula is C33H48O12. The monoisotopic (exact) mass is 636 g/mol. The van der Waals surface area contributed by atoms with Crippen molar-refractivity contribution in [2.75, 3.05) is 7.11 Å². The topological polar surface area (TPSA) is 185 Å². The highest BCUT2D eigenvalue weighted by molar-refractivity contribution is 5.66. The summed E-state index contributed by atoms with van der Waals surface area (Å²) in [5.41, 5.74) is -4.87. The van der Waals surface area contributed by atoms with Crippen molar-refractivity contribution in [3.05, 3.63) is 34.4 Å². The summed E-state index contributed by atoms with van der Waals surface area (Å²) < 4.78 is 28.5. The van der Waals surface area contributed by atoms with Crippen molar-refractivity contribution in [1.82, 2.24) is 0 Å². The second-order valence-electron chi connectivity index (χ2n) is 14.8. The fraction of sp³-hybridized carbons (Fsp3) is 0.818. The number of ether oxygens (including phenoxy) is 4. The molecule has 4 aliphatic carbocycles. The Morgan fingerprint density at radius 2 is 1.78 bits per heavy atom. The summed E-state index contributed by atoms with van der Waals surface area (Å²) in [6.45, 7) is 6.99. The summed E-state index contributed by atoms with van der Waals surface area (Å²) in [6.07, 6.45) is -2.93. The number of aliphatic hydroxyl groups is 5. The van der Waals surface area contributed by atoms with E-state index < -0.39 is 82.5 Å². The van der Waals surface area contributed by atoms with Gasteiger partial charge >= 0.3 is 11.6 Å². The summed E-state index contributed by atoms with van der Waals surface area (Å²) in [7, 11) is 1.41. The molecule has 0 bridgehead atoms. The molecule has 1 aromatic rings. The summed E-state index contributed by atoms with van der Waals surface area (Å²) in [5, 5.41) is 58.2. The molecule has 1 aromatic heterocycles. The molecule has 5 aliphatic rings. The van der Waals surface area contributed by atoms with Crippen LogP contribution in [0, 0.1) is 22.7 Å². The molecule has 15 atom stereocenters. The average molecular weight is 637 g/mol. The van der Waals surface area contributed by atoms with Crippen LogP contribution >= 0.6 is 0 Å². The number of carbonyl (C=O) groups excluding carboxylic acids is 1. The van der Waals surface area contributed by atoms with Crippen LogP contribution in [0.5, 0.6) is 0 Å². The van der Waals surface area contributed by atoms with E-state index in [4.69, 9.17) is 23.4 Å².